The van der Waals surface area contributed by atoms with E-state index in [4.69, 9.17) is 21.1 Å². The van der Waals surface area contributed by atoms with Gasteiger partial charge in [0.15, 0.2) is 11.5 Å². The number of amides is 1. The molecule has 3 aromatic carbocycles. The molecule has 0 radical (unpaired) electrons. The summed E-state index contributed by atoms with van der Waals surface area (Å²) in [5.41, 5.74) is 2.09. The fourth-order valence-corrected chi connectivity index (χ4v) is 4.86. The van der Waals surface area contributed by atoms with Crippen LogP contribution in [0.1, 0.15) is 11.1 Å². The molecule has 9 heteroatoms. The number of carbonyl (C=O) groups excluding carboxylic acids is 1. The van der Waals surface area contributed by atoms with Crippen LogP contribution in [-0.2, 0) is 21.4 Å². The molecule has 0 saturated heterocycles. The highest BCUT2D eigenvalue weighted by Crippen LogP contribution is 2.34. The summed E-state index contributed by atoms with van der Waals surface area (Å²) >= 11 is 6.07. The standard InChI is InChI=1S/C23H21ClN2O5S/c1-16-5-8-20(9-6-16)32(28,29)26(13-17-3-2-4-18(24)11-17)14-23(27)25-19-7-10-21-22(12-19)31-15-30-21/h2-12H,13-15H2,1H3,(H,25,27). The zero-order chi connectivity index (χ0) is 22.7. The van der Waals surface area contributed by atoms with Crippen LogP contribution in [0.5, 0.6) is 11.5 Å². The molecule has 1 aliphatic rings. The van der Waals surface area contributed by atoms with E-state index < -0.39 is 15.9 Å². The van der Waals surface area contributed by atoms with Gasteiger partial charge in [-0.3, -0.25) is 4.79 Å². The lowest BCUT2D eigenvalue weighted by Crippen LogP contribution is -2.37. The van der Waals surface area contributed by atoms with Gasteiger partial charge in [-0.2, -0.15) is 4.31 Å². The topological polar surface area (TPSA) is 84.9 Å². The number of sulfonamides is 1. The minimum atomic E-state index is -3.94. The Hall–Kier alpha value is -3.07. The van der Waals surface area contributed by atoms with Crippen LogP contribution < -0.4 is 14.8 Å². The van der Waals surface area contributed by atoms with Crippen LogP contribution in [0.25, 0.3) is 0 Å². The van der Waals surface area contributed by atoms with Crippen molar-refractivity contribution in [3.8, 4) is 11.5 Å². The molecule has 166 valence electrons. The fourth-order valence-electron chi connectivity index (χ4n) is 3.26. The number of carbonyl (C=O) groups is 1. The number of hydrogen-bond donors (Lipinski definition) is 1. The van der Waals surface area contributed by atoms with Crippen molar-refractivity contribution in [1.29, 1.82) is 0 Å². The minimum Gasteiger partial charge on any atom is -0.454 e. The van der Waals surface area contributed by atoms with Gasteiger partial charge in [0.1, 0.15) is 0 Å². The average molecular weight is 473 g/mol. The second-order valence-corrected chi connectivity index (χ2v) is 9.71. The Kier molecular flexibility index (Phi) is 6.36. The van der Waals surface area contributed by atoms with Gasteiger partial charge in [0.2, 0.25) is 22.7 Å². The monoisotopic (exact) mass is 472 g/mol. The van der Waals surface area contributed by atoms with Crippen LogP contribution in [0.15, 0.2) is 71.6 Å². The van der Waals surface area contributed by atoms with E-state index in [1.807, 2.05) is 6.92 Å². The van der Waals surface area contributed by atoms with Crippen LogP contribution in [0.4, 0.5) is 5.69 Å². The summed E-state index contributed by atoms with van der Waals surface area (Å²) in [7, 11) is -3.94. The van der Waals surface area contributed by atoms with Crippen molar-refractivity contribution < 1.29 is 22.7 Å². The van der Waals surface area contributed by atoms with Gasteiger partial charge >= 0.3 is 0 Å². The lowest BCUT2D eigenvalue weighted by Gasteiger charge is -2.22. The number of halogens is 1. The van der Waals surface area contributed by atoms with Crippen molar-refractivity contribution >= 4 is 33.2 Å². The summed E-state index contributed by atoms with van der Waals surface area (Å²) in [5.74, 6) is 0.625. The molecule has 0 spiro atoms. The summed E-state index contributed by atoms with van der Waals surface area (Å²) < 4.78 is 38.4. The van der Waals surface area contributed by atoms with Crippen molar-refractivity contribution in [3.63, 3.8) is 0 Å². The summed E-state index contributed by atoms with van der Waals surface area (Å²) in [6.45, 7) is 1.61. The lowest BCUT2D eigenvalue weighted by molar-refractivity contribution is -0.116. The molecule has 1 N–H and O–H groups in total. The number of anilines is 1. The number of aryl methyl sites for hydroxylation is 1. The highest BCUT2D eigenvalue weighted by Gasteiger charge is 2.27. The number of nitrogens with one attached hydrogen (secondary N) is 1. The smallest absolute Gasteiger partial charge is 0.243 e. The first-order valence-electron chi connectivity index (χ1n) is 9.82. The predicted molar refractivity (Wildman–Crippen MR) is 121 cm³/mol. The maximum absolute atomic E-state index is 13.4. The Morgan fingerprint density at radius 1 is 1.03 bits per heavy atom. The van der Waals surface area contributed by atoms with E-state index in [0.717, 1.165) is 9.87 Å². The van der Waals surface area contributed by atoms with Gasteiger partial charge in [-0.25, -0.2) is 8.42 Å². The number of nitrogens with zero attached hydrogens (tertiary/aromatic N) is 1. The maximum Gasteiger partial charge on any atom is 0.243 e. The molecule has 32 heavy (non-hydrogen) atoms. The molecule has 0 aliphatic carbocycles. The van der Waals surface area contributed by atoms with Crippen molar-refractivity contribution in [2.75, 3.05) is 18.7 Å². The molecule has 4 rings (SSSR count). The van der Waals surface area contributed by atoms with Crippen LogP contribution in [0, 0.1) is 6.92 Å². The van der Waals surface area contributed by atoms with E-state index in [-0.39, 0.29) is 24.8 Å². The van der Waals surface area contributed by atoms with E-state index in [0.29, 0.717) is 27.8 Å². The van der Waals surface area contributed by atoms with Crippen molar-refractivity contribution in [2.24, 2.45) is 0 Å². The number of benzene rings is 3. The van der Waals surface area contributed by atoms with E-state index in [2.05, 4.69) is 5.32 Å². The Morgan fingerprint density at radius 3 is 2.53 bits per heavy atom. The maximum atomic E-state index is 13.4. The lowest BCUT2D eigenvalue weighted by atomic mass is 10.2. The van der Waals surface area contributed by atoms with Crippen LogP contribution in [0.3, 0.4) is 0 Å². The predicted octanol–water partition coefficient (Wildman–Crippen LogP) is 4.21. The number of fused-ring (bicyclic) bond motifs is 1. The molecule has 1 aliphatic heterocycles. The van der Waals surface area contributed by atoms with E-state index in [1.54, 1.807) is 54.6 Å². The largest absolute Gasteiger partial charge is 0.454 e. The molecule has 1 heterocycles. The van der Waals surface area contributed by atoms with Gasteiger partial charge in [-0.1, -0.05) is 41.4 Å². The van der Waals surface area contributed by atoms with E-state index in [9.17, 15) is 13.2 Å². The highest BCUT2D eigenvalue weighted by molar-refractivity contribution is 7.89. The van der Waals surface area contributed by atoms with Crippen molar-refractivity contribution in [1.82, 2.24) is 4.31 Å². The van der Waals surface area contributed by atoms with Crippen LogP contribution in [-0.4, -0.2) is 32.0 Å². The van der Waals surface area contributed by atoms with Gasteiger partial charge in [-0.05, 0) is 48.9 Å². The molecule has 0 fully saturated rings. The molecule has 0 aromatic heterocycles. The van der Waals surface area contributed by atoms with Gasteiger partial charge < -0.3 is 14.8 Å². The number of rotatable bonds is 7. The molecule has 3 aromatic rings. The third kappa shape index (κ3) is 5.04. The molecular weight excluding hydrogens is 452 g/mol. The SMILES string of the molecule is Cc1ccc(S(=O)(=O)N(CC(=O)Nc2ccc3c(c2)OCO3)Cc2cccc(Cl)c2)cc1. The van der Waals surface area contributed by atoms with Crippen molar-refractivity contribution in [3.05, 3.63) is 82.9 Å². The van der Waals surface area contributed by atoms with Crippen molar-refractivity contribution in [2.45, 2.75) is 18.4 Å². The van der Waals surface area contributed by atoms with Gasteiger partial charge in [0.05, 0.1) is 11.4 Å². The van der Waals surface area contributed by atoms with Crippen LogP contribution in [0.2, 0.25) is 5.02 Å². The summed E-state index contributed by atoms with van der Waals surface area (Å²) in [6, 6.07) is 18.4. The zero-order valence-corrected chi connectivity index (χ0v) is 18.8. The Labute approximate surface area is 191 Å². The Balaban J connectivity index is 1.58. The molecular formula is C23H21ClN2O5S. The third-order valence-corrected chi connectivity index (χ3v) is 6.92. The number of hydrogen-bond acceptors (Lipinski definition) is 5. The first kappa shape index (κ1) is 22.1. The Morgan fingerprint density at radius 2 is 1.78 bits per heavy atom. The van der Waals surface area contributed by atoms with E-state index in [1.165, 1.54) is 12.1 Å². The van der Waals surface area contributed by atoms with Crippen LogP contribution >= 0.6 is 11.6 Å². The minimum absolute atomic E-state index is 0.00860. The Bertz CT molecular complexity index is 1250. The zero-order valence-electron chi connectivity index (χ0n) is 17.2. The second kappa shape index (κ2) is 9.20. The summed E-state index contributed by atoms with van der Waals surface area (Å²) in [6.07, 6.45) is 0. The molecule has 0 atom stereocenters. The number of ether oxygens (including phenoxy) is 2. The second-order valence-electron chi connectivity index (χ2n) is 7.33. The molecule has 1 amide bonds. The highest BCUT2D eigenvalue weighted by atomic mass is 35.5. The van der Waals surface area contributed by atoms with Gasteiger partial charge in [0, 0.05) is 23.3 Å². The molecule has 7 nitrogen and oxygen atoms in total. The third-order valence-electron chi connectivity index (χ3n) is 4.88. The normalized spacial score (nSPS) is 12.7. The summed E-state index contributed by atoms with van der Waals surface area (Å²) in [4.78, 5) is 12.9. The van der Waals surface area contributed by atoms with Gasteiger partial charge in [-0.15, -0.1) is 0 Å². The fraction of sp³-hybridized carbons (Fsp3) is 0.174. The average Bonchev–Trinajstić information content (AvgIpc) is 3.21. The first-order valence-corrected chi connectivity index (χ1v) is 11.6. The quantitative estimate of drug-likeness (QED) is 0.557. The molecule has 0 unspecified atom stereocenters. The first-order chi connectivity index (χ1) is 15.3. The molecule has 0 saturated carbocycles. The molecule has 0 bridgehead atoms. The van der Waals surface area contributed by atoms with Gasteiger partial charge in [0.25, 0.3) is 0 Å². The summed E-state index contributed by atoms with van der Waals surface area (Å²) in [5, 5.41) is 3.21. The van der Waals surface area contributed by atoms with E-state index >= 15 is 0 Å².